The fourth-order valence-electron chi connectivity index (χ4n) is 1.92. The van der Waals surface area contributed by atoms with Crippen molar-refractivity contribution < 1.29 is 14.7 Å². The molecule has 0 radical (unpaired) electrons. The topological polar surface area (TPSA) is 75.4 Å². The molecule has 6 nitrogen and oxygen atoms in total. The fraction of sp³-hybridized carbons (Fsp3) is 0.308. The molecule has 1 aromatic heterocycles. The minimum absolute atomic E-state index is 0.0764. The smallest absolute Gasteiger partial charge is 0.305 e. The summed E-state index contributed by atoms with van der Waals surface area (Å²) in [6.07, 6.45) is -0.0764. The quantitative estimate of drug-likeness (QED) is 0.894. The molecule has 1 N–H and O–H groups in total. The molecule has 100 valence electrons. The first-order valence-corrected chi connectivity index (χ1v) is 5.89. The maximum Gasteiger partial charge on any atom is 0.305 e. The maximum atomic E-state index is 12.2. The number of fused-ring (bicyclic) bond motifs is 1. The van der Waals surface area contributed by atoms with E-state index in [2.05, 4.69) is 5.10 Å². The molecule has 0 aliphatic rings. The second-order valence-corrected chi connectivity index (χ2v) is 4.36. The van der Waals surface area contributed by atoms with Crippen LogP contribution in [0.5, 0.6) is 0 Å². The first-order valence-electron chi connectivity index (χ1n) is 5.89. The van der Waals surface area contributed by atoms with Crippen molar-refractivity contribution in [3.63, 3.8) is 0 Å². The third-order valence-electron chi connectivity index (χ3n) is 2.97. The Morgan fingerprint density at radius 3 is 2.74 bits per heavy atom. The molecule has 0 saturated carbocycles. The summed E-state index contributed by atoms with van der Waals surface area (Å²) < 4.78 is 1.65. The van der Waals surface area contributed by atoms with Gasteiger partial charge in [0.2, 0.25) is 0 Å². The van der Waals surface area contributed by atoms with E-state index in [1.165, 1.54) is 4.90 Å². The summed E-state index contributed by atoms with van der Waals surface area (Å²) in [6, 6.07) is 7.45. The zero-order chi connectivity index (χ0) is 14.0. The number of benzene rings is 1. The molecule has 0 atom stereocenters. The average molecular weight is 261 g/mol. The van der Waals surface area contributed by atoms with Crippen molar-refractivity contribution in [1.82, 2.24) is 14.7 Å². The molecule has 1 amide bonds. The molecule has 2 aromatic rings. The van der Waals surface area contributed by atoms with E-state index >= 15 is 0 Å². The van der Waals surface area contributed by atoms with Gasteiger partial charge in [-0.05, 0) is 6.07 Å². The number of carboxylic acids is 1. The molecule has 0 bridgehead atoms. The van der Waals surface area contributed by atoms with Crippen molar-refractivity contribution in [1.29, 1.82) is 0 Å². The number of carbonyl (C=O) groups is 2. The predicted molar refractivity (Wildman–Crippen MR) is 69.9 cm³/mol. The van der Waals surface area contributed by atoms with Crippen molar-refractivity contribution >= 4 is 22.8 Å². The van der Waals surface area contributed by atoms with E-state index in [0.29, 0.717) is 5.69 Å². The van der Waals surface area contributed by atoms with Crippen LogP contribution >= 0.6 is 0 Å². The van der Waals surface area contributed by atoms with E-state index < -0.39 is 5.97 Å². The third-order valence-corrected chi connectivity index (χ3v) is 2.97. The van der Waals surface area contributed by atoms with Crippen LogP contribution in [0.3, 0.4) is 0 Å². The van der Waals surface area contributed by atoms with Crippen molar-refractivity contribution in [3.8, 4) is 0 Å². The second kappa shape index (κ2) is 5.09. The van der Waals surface area contributed by atoms with Gasteiger partial charge in [0.05, 0.1) is 11.9 Å². The summed E-state index contributed by atoms with van der Waals surface area (Å²) in [4.78, 5) is 24.1. The Labute approximate surface area is 110 Å². The highest BCUT2D eigenvalue weighted by Crippen LogP contribution is 2.18. The maximum absolute atomic E-state index is 12.2. The number of hydrogen-bond donors (Lipinski definition) is 1. The molecule has 0 unspecified atom stereocenters. The Morgan fingerprint density at radius 2 is 2.05 bits per heavy atom. The van der Waals surface area contributed by atoms with Gasteiger partial charge < -0.3 is 10.0 Å². The Kier molecular flexibility index (Phi) is 3.50. The van der Waals surface area contributed by atoms with E-state index in [-0.39, 0.29) is 18.9 Å². The summed E-state index contributed by atoms with van der Waals surface area (Å²) in [7, 11) is 3.35. The largest absolute Gasteiger partial charge is 0.481 e. The normalized spacial score (nSPS) is 10.6. The molecule has 0 aliphatic carbocycles. The lowest BCUT2D eigenvalue weighted by Crippen LogP contribution is -2.29. The molecular formula is C13H15N3O3. The van der Waals surface area contributed by atoms with Crippen LogP contribution in [0.1, 0.15) is 16.9 Å². The molecule has 0 spiro atoms. The van der Waals surface area contributed by atoms with Gasteiger partial charge >= 0.3 is 5.97 Å². The molecule has 2 rings (SSSR count). The van der Waals surface area contributed by atoms with E-state index in [9.17, 15) is 9.59 Å². The van der Waals surface area contributed by atoms with E-state index in [1.54, 1.807) is 18.8 Å². The number of amides is 1. The number of aliphatic carboxylic acids is 1. The van der Waals surface area contributed by atoms with Crippen LogP contribution in [0.2, 0.25) is 0 Å². The molecule has 0 fully saturated rings. The van der Waals surface area contributed by atoms with Crippen LogP contribution in [0.25, 0.3) is 10.9 Å². The van der Waals surface area contributed by atoms with Gasteiger partial charge in [0, 0.05) is 26.0 Å². The highest BCUT2D eigenvalue weighted by Gasteiger charge is 2.19. The lowest BCUT2D eigenvalue weighted by molar-refractivity contribution is -0.137. The lowest BCUT2D eigenvalue weighted by atomic mass is 10.2. The number of rotatable bonds is 4. The van der Waals surface area contributed by atoms with Gasteiger partial charge in [0.25, 0.3) is 5.91 Å². The van der Waals surface area contributed by atoms with Gasteiger partial charge in [-0.3, -0.25) is 14.3 Å². The van der Waals surface area contributed by atoms with Gasteiger partial charge in [-0.1, -0.05) is 18.2 Å². The number of carboxylic acid groups (broad SMARTS) is 1. The Bertz CT molecular complexity index is 633. The SMILES string of the molecule is CN(CCC(=O)O)C(=O)c1nn(C)c2ccccc12. The van der Waals surface area contributed by atoms with E-state index in [4.69, 9.17) is 5.11 Å². The van der Waals surface area contributed by atoms with Crippen molar-refractivity contribution in [2.24, 2.45) is 7.05 Å². The van der Waals surface area contributed by atoms with Crippen molar-refractivity contribution in [2.45, 2.75) is 6.42 Å². The summed E-state index contributed by atoms with van der Waals surface area (Å²) in [5.41, 5.74) is 1.23. The van der Waals surface area contributed by atoms with E-state index in [1.807, 2.05) is 24.3 Å². The summed E-state index contributed by atoms with van der Waals surface area (Å²) in [5, 5.41) is 13.6. The first-order chi connectivity index (χ1) is 9.00. The van der Waals surface area contributed by atoms with Crippen LogP contribution < -0.4 is 0 Å². The summed E-state index contributed by atoms with van der Waals surface area (Å²) in [5.74, 6) is -1.19. The van der Waals surface area contributed by atoms with Crippen molar-refractivity contribution in [2.75, 3.05) is 13.6 Å². The summed E-state index contributed by atoms with van der Waals surface area (Å²) >= 11 is 0. The number of para-hydroxylation sites is 1. The molecular weight excluding hydrogens is 246 g/mol. The third kappa shape index (κ3) is 2.57. The van der Waals surface area contributed by atoms with Crippen LogP contribution in [0.15, 0.2) is 24.3 Å². The number of carbonyl (C=O) groups excluding carboxylic acids is 1. The Morgan fingerprint density at radius 1 is 1.37 bits per heavy atom. The van der Waals surface area contributed by atoms with Gasteiger partial charge in [-0.2, -0.15) is 5.10 Å². The molecule has 1 aromatic carbocycles. The average Bonchev–Trinajstić information content (AvgIpc) is 2.73. The Hall–Kier alpha value is -2.37. The van der Waals surface area contributed by atoms with Crippen LogP contribution in [-0.4, -0.2) is 45.3 Å². The molecule has 19 heavy (non-hydrogen) atoms. The molecule has 1 heterocycles. The van der Waals surface area contributed by atoms with Crippen LogP contribution in [-0.2, 0) is 11.8 Å². The van der Waals surface area contributed by atoms with Gasteiger partial charge in [-0.25, -0.2) is 0 Å². The Balaban J connectivity index is 2.29. The standard InChI is InChI=1S/C13H15N3O3/c1-15(8-7-11(17)18)13(19)12-9-5-3-4-6-10(9)16(2)14-12/h3-6H,7-8H2,1-2H3,(H,17,18). The first kappa shape index (κ1) is 13.1. The minimum atomic E-state index is -0.925. The molecule has 0 saturated heterocycles. The number of nitrogens with zero attached hydrogens (tertiary/aromatic N) is 3. The van der Waals surface area contributed by atoms with Crippen LogP contribution in [0, 0.1) is 0 Å². The zero-order valence-corrected chi connectivity index (χ0v) is 10.8. The van der Waals surface area contributed by atoms with Crippen molar-refractivity contribution in [3.05, 3.63) is 30.0 Å². The van der Waals surface area contributed by atoms with E-state index in [0.717, 1.165) is 10.9 Å². The monoisotopic (exact) mass is 261 g/mol. The number of hydrogen-bond acceptors (Lipinski definition) is 3. The number of aromatic nitrogens is 2. The highest BCUT2D eigenvalue weighted by atomic mass is 16.4. The minimum Gasteiger partial charge on any atom is -0.481 e. The van der Waals surface area contributed by atoms with Gasteiger partial charge in [0.15, 0.2) is 5.69 Å². The predicted octanol–water partition coefficient (Wildman–Crippen LogP) is 1.12. The zero-order valence-electron chi connectivity index (χ0n) is 10.8. The van der Waals surface area contributed by atoms with Crippen LogP contribution in [0.4, 0.5) is 0 Å². The molecule has 0 aliphatic heterocycles. The summed E-state index contributed by atoms with van der Waals surface area (Å²) in [6.45, 7) is 0.166. The second-order valence-electron chi connectivity index (χ2n) is 4.36. The lowest BCUT2D eigenvalue weighted by Gasteiger charge is -2.14. The molecule has 6 heteroatoms. The highest BCUT2D eigenvalue weighted by molar-refractivity contribution is 6.04. The fourth-order valence-corrected chi connectivity index (χ4v) is 1.92. The van der Waals surface area contributed by atoms with Gasteiger partial charge in [0.1, 0.15) is 0 Å². The van der Waals surface area contributed by atoms with Gasteiger partial charge in [-0.15, -0.1) is 0 Å². The number of aryl methyl sites for hydroxylation is 1.